The van der Waals surface area contributed by atoms with E-state index in [4.69, 9.17) is 0 Å². The summed E-state index contributed by atoms with van der Waals surface area (Å²) in [7, 11) is 1.67. The highest BCUT2D eigenvalue weighted by atomic mass is 16.2. The summed E-state index contributed by atoms with van der Waals surface area (Å²) < 4.78 is 0. The quantitative estimate of drug-likeness (QED) is 0.691. The van der Waals surface area contributed by atoms with Crippen LogP contribution in [0.2, 0.25) is 0 Å². The number of rotatable bonds is 7. The summed E-state index contributed by atoms with van der Waals surface area (Å²) in [6, 6.07) is 23.9. The standard InChI is InChI=1S/C22H23N3O/c1-23-22(26)21(15-17-8-3-2-4-9-17)25-16-18-10-7-11-19(14-18)20-12-5-6-13-24-20/h2-14,21,25H,15-16H2,1H3,(H,23,26). The summed E-state index contributed by atoms with van der Waals surface area (Å²) in [5.41, 5.74) is 4.27. The molecule has 0 aliphatic rings. The van der Waals surface area contributed by atoms with Crippen molar-refractivity contribution in [3.8, 4) is 11.3 Å². The molecule has 1 heterocycles. The monoisotopic (exact) mass is 345 g/mol. The minimum atomic E-state index is -0.277. The predicted octanol–water partition coefficient (Wildman–Crippen LogP) is 3.20. The van der Waals surface area contributed by atoms with Gasteiger partial charge < -0.3 is 10.6 Å². The maximum Gasteiger partial charge on any atom is 0.237 e. The number of carbonyl (C=O) groups is 1. The van der Waals surface area contributed by atoms with Crippen LogP contribution in [0.15, 0.2) is 79.0 Å². The first kappa shape index (κ1) is 17.8. The van der Waals surface area contributed by atoms with Crippen molar-refractivity contribution in [1.29, 1.82) is 0 Å². The molecule has 0 spiro atoms. The zero-order valence-electron chi connectivity index (χ0n) is 14.9. The van der Waals surface area contributed by atoms with Gasteiger partial charge in [-0.05, 0) is 35.7 Å². The van der Waals surface area contributed by atoms with Crippen LogP contribution in [0.25, 0.3) is 11.3 Å². The summed E-state index contributed by atoms with van der Waals surface area (Å²) in [5, 5.41) is 6.13. The van der Waals surface area contributed by atoms with Gasteiger partial charge in [-0.25, -0.2) is 0 Å². The highest BCUT2D eigenvalue weighted by Gasteiger charge is 2.17. The second kappa shape index (κ2) is 8.92. The molecule has 132 valence electrons. The molecule has 0 aliphatic carbocycles. The van der Waals surface area contributed by atoms with Crippen molar-refractivity contribution < 1.29 is 4.79 Å². The van der Waals surface area contributed by atoms with Gasteiger partial charge in [-0.1, -0.05) is 54.6 Å². The number of likely N-dealkylation sites (N-methyl/N-ethyl adjacent to an activating group) is 1. The highest BCUT2D eigenvalue weighted by Crippen LogP contribution is 2.17. The first-order valence-electron chi connectivity index (χ1n) is 8.75. The maximum absolute atomic E-state index is 12.2. The Morgan fingerprint density at radius 1 is 0.962 bits per heavy atom. The highest BCUT2D eigenvalue weighted by molar-refractivity contribution is 5.81. The maximum atomic E-state index is 12.2. The molecular weight excluding hydrogens is 322 g/mol. The summed E-state index contributed by atoms with van der Waals surface area (Å²) in [6.45, 7) is 0.617. The molecule has 1 aromatic heterocycles. The Kier molecular flexibility index (Phi) is 6.12. The average molecular weight is 345 g/mol. The van der Waals surface area contributed by atoms with E-state index in [1.165, 1.54) is 0 Å². The first-order valence-corrected chi connectivity index (χ1v) is 8.75. The number of carbonyl (C=O) groups excluding carboxylic acids is 1. The molecule has 1 unspecified atom stereocenters. The van der Waals surface area contributed by atoms with Crippen molar-refractivity contribution in [1.82, 2.24) is 15.6 Å². The van der Waals surface area contributed by atoms with Crippen LogP contribution in [0.3, 0.4) is 0 Å². The molecule has 0 saturated heterocycles. The van der Waals surface area contributed by atoms with Gasteiger partial charge in [0.15, 0.2) is 0 Å². The van der Waals surface area contributed by atoms with Crippen LogP contribution in [0.4, 0.5) is 0 Å². The van der Waals surface area contributed by atoms with Gasteiger partial charge in [0, 0.05) is 25.4 Å². The Morgan fingerprint density at radius 2 is 1.73 bits per heavy atom. The number of nitrogens with zero attached hydrogens (tertiary/aromatic N) is 1. The lowest BCUT2D eigenvalue weighted by atomic mass is 10.0. The van der Waals surface area contributed by atoms with Gasteiger partial charge in [0.25, 0.3) is 0 Å². The van der Waals surface area contributed by atoms with Crippen molar-refractivity contribution in [3.05, 3.63) is 90.1 Å². The molecule has 3 rings (SSSR count). The third-order valence-electron chi connectivity index (χ3n) is 4.29. The summed E-state index contributed by atoms with van der Waals surface area (Å²) in [5.74, 6) is -0.00488. The zero-order chi connectivity index (χ0) is 18.2. The van der Waals surface area contributed by atoms with E-state index in [1.54, 1.807) is 13.2 Å². The van der Waals surface area contributed by atoms with Gasteiger partial charge in [-0.15, -0.1) is 0 Å². The molecule has 0 saturated carbocycles. The summed E-state index contributed by atoms with van der Waals surface area (Å²) >= 11 is 0. The van der Waals surface area contributed by atoms with Crippen molar-refractivity contribution in [2.45, 2.75) is 19.0 Å². The number of amides is 1. The molecule has 0 radical (unpaired) electrons. The minimum Gasteiger partial charge on any atom is -0.358 e. The number of nitrogens with one attached hydrogen (secondary N) is 2. The number of hydrogen-bond acceptors (Lipinski definition) is 3. The van der Waals surface area contributed by atoms with Gasteiger partial charge in [-0.3, -0.25) is 9.78 Å². The zero-order valence-corrected chi connectivity index (χ0v) is 14.9. The molecule has 4 nitrogen and oxygen atoms in total. The second-order valence-electron chi connectivity index (χ2n) is 6.15. The van der Waals surface area contributed by atoms with E-state index in [9.17, 15) is 4.79 Å². The molecule has 2 aromatic carbocycles. The van der Waals surface area contributed by atoms with Crippen molar-refractivity contribution in [2.75, 3.05) is 7.05 Å². The van der Waals surface area contributed by atoms with Crippen molar-refractivity contribution in [3.63, 3.8) is 0 Å². The van der Waals surface area contributed by atoms with Gasteiger partial charge in [0.1, 0.15) is 0 Å². The van der Waals surface area contributed by atoms with E-state index in [0.717, 1.165) is 22.4 Å². The van der Waals surface area contributed by atoms with Crippen LogP contribution in [-0.2, 0) is 17.8 Å². The van der Waals surface area contributed by atoms with Gasteiger partial charge in [0.05, 0.1) is 11.7 Å². The fraction of sp³-hybridized carbons (Fsp3) is 0.182. The third kappa shape index (κ3) is 4.77. The largest absolute Gasteiger partial charge is 0.358 e. The van der Waals surface area contributed by atoms with Crippen molar-refractivity contribution in [2.24, 2.45) is 0 Å². The molecule has 0 bridgehead atoms. The lowest BCUT2D eigenvalue weighted by molar-refractivity contribution is -0.122. The van der Waals surface area contributed by atoms with Crippen LogP contribution >= 0.6 is 0 Å². The fourth-order valence-electron chi connectivity index (χ4n) is 2.90. The Labute approximate surface area is 154 Å². The lowest BCUT2D eigenvalue weighted by Gasteiger charge is -2.18. The van der Waals surface area contributed by atoms with E-state index in [-0.39, 0.29) is 11.9 Å². The van der Waals surface area contributed by atoms with E-state index in [2.05, 4.69) is 27.8 Å². The Hall–Kier alpha value is -2.98. The van der Waals surface area contributed by atoms with E-state index in [1.807, 2.05) is 60.7 Å². The van der Waals surface area contributed by atoms with E-state index >= 15 is 0 Å². The Morgan fingerprint density at radius 3 is 2.46 bits per heavy atom. The Bertz CT molecular complexity index is 834. The first-order chi connectivity index (χ1) is 12.8. The summed E-state index contributed by atoms with van der Waals surface area (Å²) in [6.07, 6.45) is 2.45. The predicted molar refractivity (Wildman–Crippen MR) is 105 cm³/mol. The molecule has 3 aromatic rings. The molecule has 1 amide bonds. The number of benzene rings is 2. The van der Waals surface area contributed by atoms with E-state index in [0.29, 0.717) is 13.0 Å². The van der Waals surface area contributed by atoms with Crippen LogP contribution in [-0.4, -0.2) is 24.0 Å². The number of aromatic nitrogens is 1. The normalized spacial score (nSPS) is 11.7. The van der Waals surface area contributed by atoms with Crippen LogP contribution < -0.4 is 10.6 Å². The molecular formula is C22H23N3O. The SMILES string of the molecule is CNC(=O)C(Cc1ccccc1)NCc1cccc(-c2ccccn2)c1. The molecule has 2 N–H and O–H groups in total. The molecule has 1 atom stereocenters. The van der Waals surface area contributed by atoms with Crippen LogP contribution in [0, 0.1) is 0 Å². The number of pyridine rings is 1. The third-order valence-corrected chi connectivity index (χ3v) is 4.29. The Balaban J connectivity index is 1.70. The van der Waals surface area contributed by atoms with Crippen LogP contribution in [0.5, 0.6) is 0 Å². The smallest absolute Gasteiger partial charge is 0.237 e. The van der Waals surface area contributed by atoms with E-state index < -0.39 is 0 Å². The molecule has 0 aliphatic heterocycles. The van der Waals surface area contributed by atoms with Crippen LogP contribution in [0.1, 0.15) is 11.1 Å². The topological polar surface area (TPSA) is 54.0 Å². The second-order valence-corrected chi connectivity index (χ2v) is 6.15. The molecule has 4 heteroatoms. The molecule has 26 heavy (non-hydrogen) atoms. The fourth-order valence-corrected chi connectivity index (χ4v) is 2.90. The van der Waals surface area contributed by atoms with Gasteiger partial charge in [0.2, 0.25) is 5.91 Å². The van der Waals surface area contributed by atoms with Gasteiger partial charge >= 0.3 is 0 Å². The minimum absolute atomic E-state index is 0.00488. The molecule has 0 fully saturated rings. The number of hydrogen-bond donors (Lipinski definition) is 2. The average Bonchev–Trinajstić information content (AvgIpc) is 2.72. The van der Waals surface area contributed by atoms with Gasteiger partial charge in [-0.2, -0.15) is 0 Å². The van der Waals surface area contributed by atoms with Crippen molar-refractivity contribution >= 4 is 5.91 Å². The summed E-state index contributed by atoms with van der Waals surface area (Å²) in [4.78, 5) is 16.6. The lowest BCUT2D eigenvalue weighted by Crippen LogP contribution is -2.44.